The molecule has 2 aliphatic rings. The van der Waals surface area contributed by atoms with Gasteiger partial charge in [0.25, 0.3) is 5.89 Å². The fraction of sp³-hybridized carbons (Fsp3) is 0.412. The molecule has 3 atom stereocenters. The Hall–Kier alpha value is -1.85. The highest BCUT2D eigenvalue weighted by atomic mass is 35.5. The quantitative estimate of drug-likeness (QED) is 0.939. The molecule has 0 spiro atoms. The van der Waals surface area contributed by atoms with Crippen LogP contribution in [-0.2, 0) is 0 Å². The number of nitrogens with zero attached hydrogens (tertiary/aromatic N) is 2. The number of carbonyl (C=O) groups is 1. The van der Waals surface area contributed by atoms with Crippen molar-refractivity contribution in [1.82, 2.24) is 15.2 Å². The molecule has 0 radical (unpaired) electrons. The lowest BCUT2D eigenvalue weighted by molar-refractivity contribution is 0.0875. The average molecular weight is 332 g/mol. The van der Waals surface area contributed by atoms with Crippen molar-refractivity contribution in [3.05, 3.63) is 41.4 Å². The zero-order chi connectivity index (χ0) is 15.8. The van der Waals surface area contributed by atoms with Crippen LogP contribution in [0.15, 0.2) is 34.9 Å². The highest BCUT2D eigenvalue weighted by Gasteiger charge is 2.33. The van der Waals surface area contributed by atoms with Gasteiger partial charge >= 0.3 is 5.91 Å². The van der Waals surface area contributed by atoms with Crippen LogP contribution in [0.1, 0.15) is 23.5 Å². The fourth-order valence-electron chi connectivity index (χ4n) is 3.54. The van der Waals surface area contributed by atoms with Gasteiger partial charge in [0, 0.05) is 29.7 Å². The lowest BCUT2D eigenvalue weighted by Gasteiger charge is -2.30. The van der Waals surface area contributed by atoms with Gasteiger partial charge < -0.3 is 14.6 Å². The average Bonchev–Trinajstić information content (AvgIpc) is 3.15. The van der Waals surface area contributed by atoms with Gasteiger partial charge in [-0.05, 0) is 49.6 Å². The van der Waals surface area contributed by atoms with E-state index in [2.05, 4.69) is 15.2 Å². The molecule has 2 fully saturated rings. The normalized spacial score (nSPS) is 26.2. The van der Waals surface area contributed by atoms with Crippen LogP contribution < -0.4 is 5.32 Å². The molecule has 5 nitrogen and oxygen atoms in total. The van der Waals surface area contributed by atoms with Crippen LogP contribution in [0.25, 0.3) is 11.3 Å². The molecule has 3 heterocycles. The second-order valence-corrected chi connectivity index (χ2v) is 6.79. The van der Waals surface area contributed by atoms with Crippen molar-refractivity contribution in [3.8, 4) is 11.3 Å². The number of benzene rings is 1. The Balaban J connectivity index is 1.44. The van der Waals surface area contributed by atoms with E-state index in [4.69, 9.17) is 16.0 Å². The van der Waals surface area contributed by atoms with Crippen molar-refractivity contribution < 1.29 is 9.21 Å². The van der Waals surface area contributed by atoms with Crippen molar-refractivity contribution in [2.24, 2.45) is 5.92 Å². The summed E-state index contributed by atoms with van der Waals surface area (Å²) < 4.78 is 5.60. The number of nitrogens with one attached hydrogen (secondary N) is 1. The Bertz CT molecular complexity index is 701. The Morgan fingerprint density at radius 1 is 1.30 bits per heavy atom. The zero-order valence-corrected chi connectivity index (χ0v) is 13.4. The molecule has 2 bridgehead atoms. The van der Waals surface area contributed by atoms with Crippen LogP contribution in [0.2, 0.25) is 5.02 Å². The van der Waals surface area contributed by atoms with Crippen molar-refractivity contribution in [1.29, 1.82) is 0 Å². The Labute approximate surface area is 139 Å². The summed E-state index contributed by atoms with van der Waals surface area (Å²) in [5.74, 6) is 1.16. The Kier molecular flexibility index (Phi) is 3.83. The molecule has 1 N–H and O–H groups in total. The molecule has 4 rings (SSSR count). The number of amides is 1. The molecule has 2 aromatic rings. The molecule has 2 saturated heterocycles. The first-order valence-corrected chi connectivity index (χ1v) is 8.30. The second kappa shape index (κ2) is 5.98. The van der Waals surface area contributed by atoms with Crippen molar-refractivity contribution in [2.45, 2.75) is 18.9 Å². The summed E-state index contributed by atoms with van der Waals surface area (Å²) in [5, 5.41) is 3.71. The van der Waals surface area contributed by atoms with E-state index in [1.807, 2.05) is 12.1 Å². The number of fused-ring (bicyclic) bond motifs is 2. The van der Waals surface area contributed by atoms with E-state index >= 15 is 0 Å². The van der Waals surface area contributed by atoms with Gasteiger partial charge in [-0.1, -0.05) is 11.6 Å². The van der Waals surface area contributed by atoms with Crippen LogP contribution in [0, 0.1) is 5.92 Å². The highest BCUT2D eigenvalue weighted by molar-refractivity contribution is 6.30. The highest BCUT2D eigenvalue weighted by Crippen LogP contribution is 2.27. The van der Waals surface area contributed by atoms with E-state index < -0.39 is 0 Å². The standard InChI is InChI=1S/C17H18ClN3O2/c18-13-3-1-12(2-4-13)15-8-19-17(23-15)16(22)20-14-7-11-5-6-21(9-11)10-14/h1-4,8,11,14H,5-7,9-10H2,(H,20,22). The molecule has 23 heavy (non-hydrogen) atoms. The van der Waals surface area contributed by atoms with Gasteiger partial charge in [0.1, 0.15) is 0 Å². The zero-order valence-electron chi connectivity index (χ0n) is 12.7. The fourth-order valence-corrected chi connectivity index (χ4v) is 3.66. The smallest absolute Gasteiger partial charge is 0.307 e. The maximum atomic E-state index is 12.3. The molecule has 0 aliphatic carbocycles. The molecule has 2 aliphatic heterocycles. The molecule has 0 saturated carbocycles. The van der Waals surface area contributed by atoms with Gasteiger partial charge in [0.2, 0.25) is 0 Å². The largest absolute Gasteiger partial charge is 0.432 e. The minimum absolute atomic E-state index is 0.114. The van der Waals surface area contributed by atoms with Gasteiger partial charge in [-0.25, -0.2) is 4.98 Å². The predicted molar refractivity (Wildman–Crippen MR) is 87.4 cm³/mol. The summed E-state index contributed by atoms with van der Waals surface area (Å²) in [6.45, 7) is 3.25. The molecule has 120 valence electrons. The summed E-state index contributed by atoms with van der Waals surface area (Å²) in [6, 6.07) is 7.44. The first-order chi connectivity index (χ1) is 11.2. The number of piperidine rings is 1. The summed E-state index contributed by atoms with van der Waals surface area (Å²) in [6.07, 6.45) is 3.87. The molecule has 1 amide bonds. The number of hydrogen-bond donors (Lipinski definition) is 1. The lowest BCUT2D eigenvalue weighted by atomic mass is 9.97. The van der Waals surface area contributed by atoms with Crippen molar-refractivity contribution >= 4 is 17.5 Å². The number of aromatic nitrogens is 1. The first-order valence-electron chi connectivity index (χ1n) is 7.92. The number of carbonyl (C=O) groups excluding carboxylic acids is 1. The summed E-state index contributed by atoms with van der Waals surface area (Å²) in [5.41, 5.74) is 0.850. The molecule has 6 heteroatoms. The van der Waals surface area contributed by atoms with Crippen LogP contribution in [-0.4, -0.2) is 41.5 Å². The van der Waals surface area contributed by atoms with Crippen molar-refractivity contribution in [2.75, 3.05) is 19.6 Å². The van der Waals surface area contributed by atoms with Gasteiger partial charge in [0.05, 0.1) is 6.20 Å². The maximum Gasteiger partial charge on any atom is 0.307 e. The summed E-state index contributed by atoms with van der Waals surface area (Å²) in [7, 11) is 0. The van der Waals surface area contributed by atoms with Gasteiger partial charge in [-0.3, -0.25) is 4.79 Å². The van der Waals surface area contributed by atoms with Crippen LogP contribution >= 0.6 is 11.6 Å². The minimum atomic E-state index is -0.238. The summed E-state index contributed by atoms with van der Waals surface area (Å²) >= 11 is 5.88. The third-order valence-corrected chi connectivity index (χ3v) is 4.88. The number of hydrogen-bond acceptors (Lipinski definition) is 4. The van der Waals surface area contributed by atoms with Gasteiger partial charge in [-0.15, -0.1) is 0 Å². The molecule has 3 unspecified atom stereocenters. The van der Waals surface area contributed by atoms with E-state index in [1.54, 1.807) is 18.3 Å². The number of halogens is 1. The molecule has 1 aromatic carbocycles. The van der Waals surface area contributed by atoms with E-state index in [-0.39, 0.29) is 17.8 Å². The van der Waals surface area contributed by atoms with E-state index in [1.165, 1.54) is 13.0 Å². The lowest BCUT2D eigenvalue weighted by Crippen LogP contribution is -2.47. The topological polar surface area (TPSA) is 58.4 Å². The van der Waals surface area contributed by atoms with Crippen LogP contribution in [0.3, 0.4) is 0 Å². The van der Waals surface area contributed by atoms with Gasteiger partial charge in [0.15, 0.2) is 5.76 Å². The Morgan fingerprint density at radius 2 is 2.13 bits per heavy atom. The Morgan fingerprint density at radius 3 is 2.91 bits per heavy atom. The SMILES string of the molecule is O=C(NC1CC2CCN(C2)C1)c1ncc(-c2ccc(Cl)cc2)o1. The van der Waals surface area contributed by atoms with E-state index in [9.17, 15) is 4.79 Å². The molecular formula is C17H18ClN3O2. The van der Waals surface area contributed by atoms with Gasteiger partial charge in [-0.2, -0.15) is 0 Å². The third kappa shape index (κ3) is 3.12. The monoisotopic (exact) mass is 331 g/mol. The van der Waals surface area contributed by atoms with Crippen LogP contribution in [0.5, 0.6) is 0 Å². The maximum absolute atomic E-state index is 12.3. The van der Waals surface area contributed by atoms with Crippen LogP contribution in [0.4, 0.5) is 0 Å². The first kappa shape index (κ1) is 14.7. The minimum Gasteiger partial charge on any atom is -0.432 e. The second-order valence-electron chi connectivity index (χ2n) is 6.36. The number of oxazole rings is 1. The van der Waals surface area contributed by atoms with Crippen molar-refractivity contribution in [3.63, 3.8) is 0 Å². The molecular weight excluding hydrogens is 314 g/mol. The predicted octanol–water partition coefficient (Wildman–Crippen LogP) is 2.82. The molecule has 1 aromatic heterocycles. The third-order valence-electron chi connectivity index (χ3n) is 4.63. The summed E-state index contributed by atoms with van der Waals surface area (Å²) in [4.78, 5) is 18.9. The number of rotatable bonds is 3. The van der Waals surface area contributed by atoms with E-state index in [0.29, 0.717) is 16.7 Å². The van der Waals surface area contributed by atoms with E-state index in [0.717, 1.165) is 25.1 Å².